The summed E-state index contributed by atoms with van der Waals surface area (Å²) in [6, 6.07) is 3.64. The Bertz CT molecular complexity index is 543. The molecule has 0 saturated heterocycles. The van der Waals surface area contributed by atoms with E-state index in [9.17, 15) is 4.79 Å². The summed E-state index contributed by atoms with van der Waals surface area (Å²) < 4.78 is 1.71. The Labute approximate surface area is 94.0 Å². The van der Waals surface area contributed by atoms with Crippen LogP contribution in [-0.4, -0.2) is 20.3 Å². The number of imidazole rings is 1. The highest BCUT2D eigenvalue weighted by Gasteiger charge is 2.16. The minimum Gasteiger partial charge on any atom is -0.331 e. The standard InChI is InChI=1S/C12H13N3O/c1-8-4-5-10(9(2)14-8)11(16)12-13-6-7-15(12)3/h4-7H,1-3H3. The van der Waals surface area contributed by atoms with Crippen LogP contribution in [0.2, 0.25) is 0 Å². The summed E-state index contributed by atoms with van der Waals surface area (Å²) in [5, 5.41) is 0. The first kappa shape index (κ1) is 10.5. The normalized spacial score (nSPS) is 10.4. The van der Waals surface area contributed by atoms with Gasteiger partial charge in [0.1, 0.15) is 0 Å². The molecule has 0 radical (unpaired) electrons. The third-order valence-corrected chi connectivity index (χ3v) is 2.49. The van der Waals surface area contributed by atoms with Crippen molar-refractivity contribution in [2.45, 2.75) is 13.8 Å². The van der Waals surface area contributed by atoms with Gasteiger partial charge in [0.2, 0.25) is 5.78 Å². The molecule has 82 valence electrons. The lowest BCUT2D eigenvalue weighted by Crippen LogP contribution is -2.11. The number of rotatable bonds is 2. The van der Waals surface area contributed by atoms with Gasteiger partial charge in [0, 0.05) is 36.4 Å². The molecule has 4 nitrogen and oxygen atoms in total. The molecule has 2 rings (SSSR count). The summed E-state index contributed by atoms with van der Waals surface area (Å²) in [5.74, 6) is 0.353. The third kappa shape index (κ3) is 1.74. The monoisotopic (exact) mass is 215 g/mol. The van der Waals surface area contributed by atoms with Gasteiger partial charge in [-0.15, -0.1) is 0 Å². The second kappa shape index (κ2) is 3.89. The van der Waals surface area contributed by atoms with Gasteiger partial charge in [0.25, 0.3) is 0 Å². The third-order valence-electron chi connectivity index (χ3n) is 2.49. The molecule has 16 heavy (non-hydrogen) atoms. The molecule has 0 fully saturated rings. The van der Waals surface area contributed by atoms with Crippen LogP contribution in [0.5, 0.6) is 0 Å². The highest BCUT2D eigenvalue weighted by atomic mass is 16.1. The highest BCUT2D eigenvalue weighted by molar-refractivity contribution is 6.07. The van der Waals surface area contributed by atoms with Gasteiger partial charge in [0.15, 0.2) is 5.82 Å². The Kier molecular flexibility index (Phi) is 2.56. The van der Waals surface area contributed by atoms with Crippen molar-refractivity contribution in [3.8, 4) is 0 Å². The van der Waals surface area contributed by atoms with Crippen LogP contribution in [0.15, 0.2) is 24.5 Å². The fourth-order valence-corrected chi connectivity index (χ4v) is 1.63. The van der Waals surface area contributed by atoms with E-state index in [2.05, 4.69) is 9.97 Å². The van der Waals surface area contributed by atoms with Crippen LogP contribution in [-0.2, 0) is 7.05 Å². The lowest BCUT2D eigenvalue weighted by Gasteiger charge is -2.04. The number of aromatic nitrogens is 3. The molecule has 0 N–H and O–H groups in total. The zero-order valence-corrected chi connectivity index (χ0v) is 9.56. The van der Waals surface area contributed by atoms with E-state index in [-0.39, 0.29) is 5.78 Å². The highest BCUT2D eigenvalue weighted by Crippen LogP contribution is 2.11. The molecule has 0 aliphatic carbocycles. The number of carbonyl (C=O) groups excluding carboxylic acids is 1. The van der Waals surface area contributed by atoms with Gasteiger partial charge in [-0.3, -0.25) is 9.78 Å². The SMILES string of the molecule is Cc1ccc(C(=O)c2nccn2C)c(C)n1. The van der Waals surface area contributed by atoms with Gasteiger partial charge in [-0.2, -0.15) is 0 Å². The Balaban J connectivity index is 2.46. The lowest BCUT2D eigenvalue weighted by molar-refractivity contribution is 0.102. The van der Waals surface area contributed by atoms with Crippen LogP contribution >= 0.6 is 0 Å². The van der Waals surface area contributed by atoms with Crippen molar-refractivity contribution in [3.05, 3.63) is 47.3 Å². The first-order valence-corrected chi connectivity index (χ1v) is 5.06. The number of pyridine rings is 1. The van der Waals surface area contributed by atoms with Gasteiger partial charge in [-0.05, 0) is 26.0 Å². The lowest BCUT2D eigenvalue weighted by atomic mass is 10.1. The maximum atomic E-state index is 12.1. The van der Waals surface area contributed by atoms with Crippen molar-refractivity contribution in [1.82, 2.24) is 14.5 Å². The van der Waals surface area contributed by atoms with E-state index < -0.39 is 0 Å². The van der Waals surface area contributed by atoms with Crippen LogP contribution in [0.1, 0.15) is 27.6 Å². The van der Waals surface area contributed by atoms with Crippen LogP contribution in [0.4, 0.5) is 0 Å². The molecule has 0 bridgehead atoms. The molecule has 0 amide bonds. The van der Waals surface area contributed by atoms with Gasteiger partial charge < -0.3 is 4.57 Å². The number of carbonyl (C=O) groups is 1. The van der Waals surface area contributed by atoms with Gasteiger partial charge in [0.05, 0.1) is 0 Å². The van der Waals surface area contributed by atoms with E-state index in [0.29, 0.717) is 11.4 Å². The Morgan fingerprint density at radius 3 is 2.62 bits per heavy atom. The quantitative estimate of drug-likeness (QED) is 0.716. The summed E-state index contributed by atoms with van der Waals surface area (Å²) in [7, 11) is 1.80. The summed E-state index contributed by atoms with van der Waals surface area (Å²) in [6.07, 6.45) is 3.37. The molecular weight excluding hydrogens is 202 g/mol. The molecular formula is C12H13N3O. The summed E-state index contributed by atoms with van der Waals surface area (Å²) in [6.45, 7) is 3.74. The zero-order chi connectivity index (χ0) is 11.7. The molecule has 0 atom stereocenters. The maximum Gasteiger partial charge on any atom is 0.230 e. The molecule has 0 aliphatic rings. The molecule has 0 spiro atoms. The Morgan fingerprint density at radius 1 is 1.31 bits per heavy atom. The second-order valence-electron chi connectivity index (χ2n) is 3.78. The molecule has 2 aromatic rings. The molecule has 4 heteroatoms. The first-order valence-electron chi connectivity index (χ1n) is 5.06. The van der Waals surface area contributed by atoms with Crippen LogP contribution < -0.4 is 0 Å². The molecule has 0 aliphatic heterocycles. The second-order valence-corrected chi connectivity index (χ2v) is 3.78. The van der Waals surface area contributed by atoms with E-state index in [0.717, 1.165) is 11.4 Å². The van der Waals surface area contributed by atoms with Gasteiger partial charge in [-0.25, -0.2) is 4.98 Å². The van der Waals surface area contributed by atoms with E-state index >= 15 is 0 Å². The van der Waals surface area contributed by atoms with Crippen LogP contribution in [0, 0.1) is 13.8 Å². The largest absolute Gasteiger partial charge is 0.331 e. The predicted octanol–water partition coefficient (Wildman–Crippen LogP) is 1.66. The van der Waals surface area contributed by atoms with Gasteiger partial charge in [-0.1, -0.05) is 0 Å². The fourth-order valence-electron chi connectivity index (χ4n) is 1.63. The van der Waals surface area contributed by atoms with E-state index in [1.807, 2.05) is 19.9 Å². The predicted molar refractivity (Wildman–Crippen MR) is 60.4 cm³/mol. The van der Waals surface area contributed by atoms with Gasteiger partial charge >= 0.3 is 0 Å². The van der Waals surface area contributed by atoms with Crippen molar-refractivity contribution in [2.75, 3.05) is 0 Å². The summed E-state index contributed by atoms with van der Waals surface area (Å²) >= 11 is 0. The van der Waals surface area contributed by atoms with Crippen molar-refractivity contribution in [3.63, 3.8) is 0 Å². The number of nitrogens with zero attached hydrogens (tertiary/aromatic N) is 3. The minimum atomic E-state index is -0.0856. The number of ketones is 1. The molecule has 0 saturated carbocycles. The number of hydrogen-bond donors (Lipinski definition) is 0. The van der Waals surface area contributed by atoms with E-state index in [1.54, 1.807) is 30.1 Å². The van der Waals surface area contributed by atoms with Crippen molar-refractivity contribution >= 4 is 5.78 Å². The Morgan fingerprint density at radius 2 is 2.06 bits per heavy atom. The molecule has 0 unspecified atom stereocenters. The number of hydrogen-bond acceptors (Lipinski definition) is 3. The molecule has 0 aromatic carbocycles. The zero-order valence-electron chi connectivity index (χ0n) is 9.56. The molecule has 2 aromatic heterocycles. The van der Waals surface area contributed by atoms with E-state index in [4.69, 9.17) is 0 Å². The van der Waals surface area contributed by atoms with Crippen LogP contribution in [0.3, 0.4) is 0 Å². The Hall–Kier alpha value is -1.97. The first-order chi connectivity index (χ1) is 7.59. The van der Waals surface area contributed by atoms with Crippen molar-refractivity contribution in [2.24, 2.45) is 7.05 Å². The summed E-state index contributed by atoms with van der Waals surface area (Å²) in [4.78, 5) is 20.5. The smallest absolute Gasteiger partial charge is 0.230 e. The molecule has 2 heterocycles. The number of aryl methyl sites for hydroxylation is 3. The van der Waals surface area contributed by atoms with Crippen molar-refractivity contribution in [1.29, 1.82) is 0 Å². The fraction of sp³-hybridized carbons (Fsp3) is 0.250. The topological polar surface area (TPSA) is 47.8 Å². The average Bonchev–Trinajstić information content (AvgIpc) is 2.63. The maximum absolute atomic E-state index is 12.1. The van der Waals surface area contributed by atoms with E-state index in [1.165, 1.54) is 0 Å². The average molecular weight is 215 g/mol. The summed E-state index contributed by atoms with van der Waals surface area (Å²) in [5.41, 5.74) is 2.27. The van der Waals surface area contributed by atoms with Crippen LogP contribution in [0.25, 0.3) is 0 Å². The van der Waals surface area contributed by atoms with Crippen molar-refractivity contribution < 1.29 is 4.79 Å². The minimum absolute atomic E-state index is 0.0856.